The molecule has 0 bridgehead atoms. The maximum atomic E-state index is 14.0. The third-order valence-corrected chi connectivity index (χ3v) is 5.83. The molecule has 1 aromatic carbocycles. The van der Waals surface area contributed by atoms with Crippen LogP contribution in [0.25, 0.3) is 0 Å². The fraction of sp³-hybridized carbons (Fsp3) is 0.643. The highest BCUT2D eigenvalue weighted by atomic mass is 16.6. The van der Waals surface area contributed by atoms with E-state index in [0.717, 1.165) is 25.7 Å². The number of phenolic OH excluding ortho intramolecular Hbond substituents is 1. The van der Waals surface area contributed by atoms with Gasteiger partial charge in [-0.1, -0.05) is 45.2 Å². The Labute approximate surface area is 226 Å². The number of nitrogens with zero attached hydrogens (tertiary/aromatic N) is 1. The van der Waals surface area contributed by atoms with Gasteiger partial charge in [0, 0.05) is 19.0 Å². The van der Waals surface area contributed by atoms with Crippen molar-refractivity contribution in [2.45, 2.75) is 110 Å². The number of benzene rings is 1. The number of carbonyl (C=O) groups excluding carboxylic acids is 4. The van der Waals surface area contributed by atoms with Crippen molar-refractivity contribution in [3.63, 3.8) is 0 Å². The summed E-state index contributed by atoms with van der Waals surface area (Å²) in [4.78, 5) is 53.3. The van der Waals surface area contributed by atoms with Gasteiger partial charge >= 0.3 is 6.09 Å². The van der Waals surface area contributed by atoms with Crippen LogP contribution < -0.4 is 16.4 Å². The number of alkyl carbamates (subject to hydrolysis) is 1. The SMILES string of the molecule is CCCCCN(C(=O)C(CCC(N)=O)NC(=O)OC(C)(C)C)C(C(=O)NC(C)CCC)c1ccc(O)cc1. The molecule has 10 heteroatoms. The number of phenols is 1. The van der Waals surface area contributed by atoms with Gasteiger partial charge in [-0.15, -0.1) is 0 Å². The number of nitrogens with two attached hydrogens (primary N) is 1. The van der Waals surface area contributed by atoms with E-state index >= 15 is 0 Å². The maximum absolute atomic E-state index is 14.0. The predicted molar refractivity (Wildman–Crippen MR) is 146 cm³/mol. The summed E-state index contributed by atoms with van der Waals surface area (Å²) in [5.74, 6) is -1.48. The molecule has 1 rings (SSSR count). The summed E-state index contributed by atoms with van der Waals surface area (Å²) < 4.78 is 5.34. The highest BCUT2D eigenvalue weighted by Gasteiger charge is 2.36. The Morgan fingerprint density at radius 3 is 2.16 bits per heavy atom. The van der Waals surface area contributed by atoms with E-state index in [2.05, 4.69) is 10.6 Å². The van der Waals surface area contributed by atoms with Crippen LogP contribution in [0.4, 0.5) is 4.79 Å². The standard InChI is InChI=1S/C28H46N4O6/c1-7-9-10-18-32(26(36)22(16-17-23(29)34)31-27(37)38-28(4,5)6)24(20-12-14-21(33)15-13-20)25(35)30-19(3)11-8-2/h12-15,19,22,24,33H,7-11,16-18H2,1-6H3,(H2,29,34)(H,30,35)(H,31,37). The van der Waals surface area contributed by atoms with Gasteiger partial charge in [-0.3, -0.25) is 14.4 Å². The first-order chi connectivity index (χ1) is 17.8. The second kappa shape index (κ2) is 15.8. The average molecular weight is 535 g/mol. The van der Waals surface area contributed by atoms with Crippen LogP contribution in [0.1, 0.15) is 98.1 Å². The molecule has 0 radical (unpaired) electrons. The lowest BCUT2D eigenvalue weighted by molar-refractivity contribution is -0.143. The summed E-state index contributed by atoms with van der Waals surface area (Å²) in [6.45, 7) is 11.3. The van der Waals surface area contributed by atoms with Crippen molar-refractivity contribution in [1.82, 2.24) is 15.5 Å². The zero-order valence-corrected chi connectivity index (χ0v) is 23.7. The molecular formula is C28H46N4O6. The zero-order chi connectivity index (χ0) is 28.9. The van der Waals surface area contributed by atoms with Crippen LogP contribution in [0.3, 0.4) is 0 Å². The monoisotopic (exact) mass is 534 g/mol. The minimum atomic E-state index is -1.14. The van der Waals surface area contributed by atoms with Crippen LogP contribution in [0, 0.1) is 0 Å². The van der Waals surface area contributed by atoms with Gasteiger partial charge in [0.2, 0.25) is 17.7 Å². The van der Waals surface area contributed by atoms with Crippen LogP contribution >= 0.6 is 0 Å². The lowest BCUT2D eigenvalue weighted by Gasteiger charge is -2.35. The summed E-state index contributed by atoms with van der Waals surface area (Å²) in [5.41, 5.74) is 5.06. The Kier molecular flexibility index (Phi) is 13.6. The van der Waals surface area contributed by atoms with E-state index in [1.54, 1.807) is 32.9 Å². The summed E-state index contributed by atoms with van der Waals surface area (Å²) in [7, 11) is 0. The molecule has 214 valence electrons. The number of ether oxygens (including phenoxy) is 1. The van der Waals surface area contributed by atoms with Crippen LogP contribution in [0.5, 0.6) is 5.75 Å². The van der Waals surface area contributed by atoms with Crippen molar-refractivity contribution in [2.75, 3.05) is 6.54 Å². The quantitative estimate of drug-likeness (QED) is 0.250. The van der Waals surface area contributed by atoms with Crippen molar-refractivity contribution >= 4 is 23.8 Å². The minimum Gasteiger partial charge on any atom is -0.508 e. The van der Waals surface area contributed by atoms with E-state index in [1.807, 2.05) is 20.8 Å². The molecule has 0 heterocycles. The second-order valence-electron chi connectivity index (χ2n) is 10.6. The van der Waals surface area contributed by atoms with E-state index in [0.29, 0.717) is 12.0 Å². The van der Waals surface area contributed by atoms with E-state index in [-0.39, 0.29) is 37.1 Å². The van der Waals surface area contributed by atoms with Gasteiger partial charge in [-0.25, -0.2) is 4.79 Å². The van der Waals surface area contributed by atoms with Crippen LogP contribution in [0.15, 0.2) is 24.3 Å². The van der Waals surface area contributed by atoms with E-state index < -0.39 is 35.6 Å². The number of rotatable bonds is 15. The molecule has 38 heavy (non-hydrogen) atoms. The first kappa shape index (κ1) is 32.7. The molecule has 0 spiro atoms. The van der Waals surface area contributed by atoms with E-state index in [1.165, 1.54) is 17.0 Å². The molecule has 0 saturated carbocycles. The molecule has 0 aromatic heterocycles. The Bertz CT molecular complexity index is 913. The smallest absolute Gasteiger partial charge is 0.408 e. The number of primary amides is 1. The topological polar surface area (TPSA) is 151 Å². The van der Waals surface area contributed by atoms with Gasteiger partial charge in [0.1, 0.15) is 23.4 Å². The van der Waals surface area contributed by atoms with Gasteiger partial charge in [0.05, 0.1) is 0 Å². The summed E-state index contributed by atoms with van der Waals surface area (Å²) in [6.07, 6.45) is 2.99. The average Bonchev–Trinajstić information content (AvgIpc) is 2.80. The fourth-order valence-electron chi connectivity index (χ4n) is 4.05. The van der Waals surface area contributed by atoms with Gasteiger partial charge in [0.25, 0.3) is 0 Å². The first-order valence-electron chi connectivity index (χ1n) is 13.5. The number of hydrogen-bond donors (Lipinski definition) is 4. The Balaban J connectivity index is 3.49. The number of aromatic hydroxyl groups is 1. The number of nitrogens with one attached hydrogen (secondary N) is 2. The molecular weight excluding hydrogens is 488 g/mol. The van der Waals surface area contributed by atoms with Crippen molar-refractivity contribution in [3.8, 4) is 5.75 Å². The lowest BCUT2D eigenvalue weighted by Crippen LogP contribution is -2.54. The predicted octanol–water partition coefficient (Wildman–Crippen LogP) is 3.92. The fourth-order valence-corrected chi connectivity index (χ4v) is 4.05. The molecule has 10 nitrogen and oxygen atoms in total. The molecule has 0 aliphatic carbocycles. The molecule has 0 saturated heterocycles. The number of unbranched alkanes of at least 4 members (excludes halogenated alkanes) is 2. The van der Waals surface area contributed by atoms with Gasteiger partial charge in [-0.05, 0) is 64.7 Å². The molecule has 0 aliphatic heterocycles. The van der Waals surface area contributed by atoms with Crippen molar-refractivity contribution in [3.05, 3.63) is 29.8 Å². The van der Waals surface area contributed by atoms with E-state index in [4.69, 9.17) is 10.5 Å². The summed E-state index contributed by atoms with van der Waals surface area (Å²) in [6, 6.07) is 3.85. The molecule has 0 aliphatic rings. The van der Waals surface area contributed by atoms with E-state index in [9.17, 15) is 24.3 Å². The highest BCUT2D eigenvalue weighted by molar-refractivity contribution is 5.92. The minimum absolute atomic E-state index is 0.0297. The normalized spacial score (nSPS) is 13.6. The van der Waals surface area contributed by atoms with Crippen molar-refractivity contribution in [1.29, 1.82) is 0 Å². The zero-order valence-electron chi connectivity index (χ0n) is 23.7. The third kappa shape index (κ3) is 11.8. The largest absolute Gasteiger partial charge is 0.508 e. The molecule has 3 unspecified atom stereocenters. The lowest BCUT2D eigenvalue weighted by atomic mass is 10.00. The van der Waals surface area contributed by atoms with Crippen LogP contribution in [-0.4, -0.2) is 58.1 Å². The first-order valence-corrected chi connectivity index (χ1v) is 13.5. The summed E-state index contributed by atoms with van der Waals surface area (Å²) >= 11 is 0. The highest BCUT2D eigenvalue weighted by Crippen LogP contribution is 2.26. The second-order valence-corrected chi connectivity index (χ2v) is 10.6. The summed E-state index contributed by atoms with van der Waals surface area (Å²) in [5, 5.41) is 15.4. The molecule has 5 N–H and O–H groups in total. The van der Waals surface area contributed by atoms with Gasteiger partial charge in [0.15, 0.2) is 0 Å². The maximum Gasteiger partial charge on any atom is 0.408 e. The molecule has 1 aromatic rings. The van der Waals surface area contributed by atoms with Gasteiger partial charge in [-0.2, -0.15) is 0 Å². The van der Waals surface area contributed by atoms with Gasteiger partial charge < -0.3 is 31.1 Å². The Hall–Kier alpha value is -3.30. The molecule has 4 amide bonds. The Morgan fingerprint density at radius 2 is 1.63 bits per heavy atom. The molecule has 0 fully saturated rings. The third-order valence-electron chi connectivity index (χ3n) is 5.83. The molecule has 3 atom stereocenters. The number of amides is 4. The Morgan fingerprint density at radius 1 is 1.00 bits per heavy atom. The number of carbonyl (C=O) groups is 4. The van der Waals surface area contributed by atoms with Crippen LogP contribution in [-0.2, 0) is 19.1 Å². The van der Waals surface area contributed by atoms with Crippen molar-refractivity contribution in [2.24, 2.45) is 5.73 Å². The number of hydrogen-bond acceptors (Lipinski definition) is 6. The van der Waals surface area contributed by atoms with Crippen molar-refractivity contribution < 1.29 is 29.0 Å². The van der Waals surface area contributed by atoms with Crippen LogP contribution in [0.2, 0.25) is 0 Å².